The number of methoxy groups -OCH3 is 1. The van der Waals surface area contributed by atoms with Gasteiger partial charge in [0.2, 0.25) is 5.91 Å². The van der Waals surface area contributed by atoms with Gasteiger partial charge in [-0.2, -0.15) is 0 Å². The van der Waals surface area contributed by atoms with Gasteiger partial charge in [-0.05, 0) is 60.2 Å². The molecule has 0 aliphatic rings. The highest BCUT2D eigenvalue weighted by Gasteiger charge is 2.06. The van der Waals surface area contributed by atoms with E-state index in [0.717, 1.165) is 17.0 Å². The Bertz CT molecular complexity index is 963. The van der Waals surface area contributed by atoms with Crippen molar-refractivity contribution in [2.45, 2.75) is 0 Å². The molecule has 0 saturated carbocycles. The van der Waals surface area contributed by atoms with Crippen molar-refractivity contribution in [2.24, 2.45) is 0 Å². The quantitative estimate of drug-likeness (QED) is 0.622. The van der Waals surface area contributed by atoms with Gasteiger partial charge in [-0.3, -0.25) is 9.59 Å². The average Bonchev–Trinajstić information content (AvgIpc) is 2.74. The molecule has 0 unspecified atom stereocenters. The van der Waals surface area contributed by atoms with Crippen LogP contribution >= 0.6 is 0 Å². The van der Waals surface area contributed by atoms with Crippen LogP contribution in [-0.2, 0) is 4.79 Å². The van der Waals surface area contributed by atoms with Crippen molar-refractivity contribution in [1.82, 2.24) is 0 Å². The summed E-state index contributed by atoms with van der Waals surface area (Å²) in [4.78, 5) is 24.3. The average molecular weight is 372 g/mol. The molecule has 0 saturated heterocycles. The van der Waals surface area contributed by atoms with Gasteiger partial charge < -0.3 is 15.4 Å². The molecule has 0 aliphatic heterocycles. The molecule has 2 amide bonds. The lowest BCUT2D eigenvalue weighted by molar-refractivity contribution is -0.111. The summed E-state index contributed by atoms with van der Waals surface area (Å²) in [5.74, 6) is 0.304. The highest BCUT2D eigenvalue weighted by atomic mass is 16.5. The summed E-state index contributed by atoms with van der Waals surface area (Å²) in [6, 6.07) is 23.3. The molecule has 0 spiro atoms. The van der Waals surface area contributed by atoms with E-state index in [-0.39, 0.29) is 11.8 Å². The first kappa shape index (κ1) is 18.9. The van der Waals surface area contributed by atoms with Gasteiger partial charge in [0.1, 0.15) is 5.75 Å². The van der Waals surface area contributed by atoms with Crippen LogP contribution in [0.25, 0.3) is 6.08 Å². The monoisotopic (exact) mass is 372 g/mol. The van der Waals surface area contributed by atoms with Crippen molar-refractivity contribution < 1.29 is 14.3 Å². The molecule has 2 N–H and O–H groups in total. The number of hydrogen-bond donors (Lipinski definition) is 2. The van der Waals surface area contributed by atoms with E-state index in [1.165, 1.54) is 6.08 Å². The maximum Gasteiger partial charge on any atom is 0.255 e. The van der Waals surface area contributed by atoms with Crippen molar-refractivity contribution in [3.05, 3.63) is 96.1 Å². The number of amides is 2. The smallest absolute Gasteiger partial charge is 0.255 e. The molecule has 3 rings (SSSR count). The van der Waals surface area contributed by atoms with E-state index in [1.807, 2.05) is 54.6 Å². The lowest BCUT2D eigenvalue weighted by Gasteiger charge is -2.06. The van der Waals surface area contributed by atoms with Gasteiger partial charge in [0.25, 0.3) is 5.91 Å². The minimum Gasteiger partial charge on any atom is -0.497 e. The standard InChI is InChI=1S/C23H20N2O3/c1-28-21-14-7-17(8-15-21)9-16-22(26)24-20-12-10-18(11-13-20)23(27)25-19-5-3-2-4-6-19/h2-16H,1H3,(H,24,26)(H,25,27). The van der Waals surface area contributed by atoms with E-state index in [1.54, 1.807) is 37.5 Å². The summed E-state index contributed by atoms with van der Waals surface area (Å²) < 4.78 is 5.10. The van der Waals surface area contributed by atoms with Gasteiger partial charge in [0.05, 0.1) is 7.11 Å². The largest absolute Gasteiger partial charge is 0.497 e. The Labute approximate surface area is 163 Å². The van der Waals surface area contributed by atoms with Crippen molar-refractivity contribution in [2.75, 3.05) is 17.7 Å². The van der Waals surface area contributed by atoms with Gasteiger partial charge in [0, 0.05) is 23.0 Å². The van der Waals surface area contributed by atoms with Crippen LogP contribution < -0.4 is 15.4 Å². The zero-order valence-electron chi connectivity index (χ0n) is 15.4. The first-order valence-corrected chi connectivity index (χ1v) is 8.73. The second-order valence-electron chi connectivity index (χ2n) is 5.99. The highest BCUT2D eigenvalue weighted by Crippen LogP contribution is 2.14. The summed E-state index contributed by atoms with van der Waals surface area (Å²) in [6.45, 7) is 0. The van der Waals surface area contributed by atoms with E-state index in [9.17, 15) is 9.59 Å². The predicted octanol–water partition coefficient (Wildman–Crippen LogP) is 4.60. The SMILES string of the molecule is COc1ccc(C=CC(=O)Nc2ccc(C(=O)Nc3ccccc3)cc2)cc1. The number of para-hydroxylation sites is 1. The fourth-order valence-corrected chi connectivity index (χ4v) is 2.50. The van der Waals surface area contributed by atoms with E-state index in [4.69, 9.17) is 4.74 Å². The number of rotatable bonds is 6. The second kappa shape index (κ2) is 9.19. The molecule has 5 nitrogen and oxygen atoms in total. The normalized spacial score (nSPS) is 10.5. The molecule has 0 aromatic heterocycles. The third-order valence-corrected chi connectivity index (χ3v) is 3.99. The number of benzene rings is 3. The number of hydrogen-bond acceptors (Lipinski definition) is 3. The van der Waals surface area contributed by atoms with Crippen LogP contribution in [0, 0.1) is 0 Å². The maximum atomic E-state index is 12.2. The van der Waals surface area contributed by atoms with Gasteiger partial charge >= 0.3 is 0 Å². The molecule has 0 heterocycles. The molecule has 0 atom stereocenters. The van der Waals surface area contributed by atoms with Gasteiger partial charge in [-0.1, -0.05) is 30.3 Å². The topological polar surface area (TPSA) is 67.4 Å². The Balaban J connectivity index is 1.56. The molecular weight excluding hydrogens is 352 g/mol. The third kappa shape index (κ3) is 5.32. The van der Waals surface area contributed by atoms with Gasteiger partial charge in [-0.25, -0.2) is 0 Å². The van der Waals surface area contributed by atoms with Crippen LogP contribution in [0.3, 0.4) is 0 Å². The first-order chi connectivity index (χ1) is 13.6. The number of carbonyl (C=O) groups is 2. The van der Waals surface area contributed by atoms with Gasteiger partial charge in [-0.15, -0.1) is 0 Å². The Hall–Kier alpha value is -3.86. The van der Waals surface area contributed by atoms with E-state index in [2.05, 4.69) is 10.6 Å². The zero-order chi connectivity index (χ0) is 19.8. The Kier molecular flexibility index (Phi) is 6.21. The van der Waals surface area contributed by atoms with Crippen LogP contribution in [0.4, 0.5) is 11.4 Å². The fourth-order valence-electron chi connectivity index (χ4n) is 2.50. The van der Waals surface area contributed by atoms with Crippen molar-refractivity contribution in [1.29, 1.82) is 0 Å². The summed E-state index contributed by atoms with van der Waals surface area (Å²) in [6.07, 6.45) is 3.17. The molecular formula is C23H20N2O3. The van der Waals surface area contributed by atoms with E-state index in [0.29, 0.717) is 11.3 Å². The summed E-state index contributed by atoms with van der Waals surface area (Å²) in [7, 11) is 1.61. The minimum absolute atomic E-state index is 0.205. The lowest BCUT2D eigenvalue weighted by atomic mass is 10.2. The fraction of sp³-hybridized carbons (Fsp3) is 0.0435. The number of anilines is 2. The zero-order valence-corrected chi connectivity index (χ0v) is 15.4. The minimum atomic E-state index is -0.252. The van der Waals surface area contributed by atoms with Crippen LogP contribution in [0.1, 0.15) is 15.9 Å². The predicted molar refractivity (Wildman–Crippen MR) is 111 cm³/mol. The highest BCUT2D eigenvalue weighted by molar-refractivity contribution is 6.05. The Morgan fingerprint density at radius 3 is 2.07 bits per heavy atom. The van der Waals surface area contributed by atoms with Crippen LogP contribution in [-0.4, -0.2) is 18.9 Å². The molecule has 140 valence electrons. The second-order valence-corrected chi connectivity index (χ2v) is 5.99. The number of carbonyl (C=O) groups excluding carboxylic acids is 2. The summed E-state index contributed by atoms with van der Waals surface area (Å²) in [5, 5.41) is 5.59. The summed E-state index contributed by atoms with van der Waals surface area (Å²) in [5.41, 5.74) is 2.74. The van der Waals surface area contributed by atoms with Crippen molar-refractivity contribution >= 4 is 29.3 Å². The molecule has 3 aromatic carbocycles. The Morgan fingerprint density at radius 2 is 1.43 bits per heavy atom. The molecule has 28 heavy (non-hydrogen) atoms. The van der Waals surface area contributed by atoms with Crippen LogP contribution in [0.5, 0.6) is 5.75 Å². The van der Waals surface area contributed by atoms with Gasteiger partial charge in [0.15, 0.2) is 0 Å². The van der Waals surface area contributed by atoms with E-state index < -0.39 is 0 Å². The maximum absolute atomic E-state index is 12.2. The molecule has 5 heteroatoms. The number of ether oxygens (including phenoxy) is 1. The molecule has 0 fully saturated rings. The molecule has 3 aromatic rings. The molecule has 0 radical (unpaired) electrons. The summed E-state index contributed by atoms with van der Waals surface area (Å²) >= 11 is 0. The Morgan fingerprint density at radius 1 is 0.786 bits per heavy atom. The molecule has 0 bridgehead atoms. The first-order valence-electron chi connectivity index (χ1n) is 8.73. The van der Waals surface area contributed by atoms with Crippen molar-refractivity contribution in [3.8, 4) is 5.75 Å². The third-order valence-electron chi connectivity index (χ3n) is 3.99. The van der Waals surface area contributed by atoms with Crippen molar-refractivity contribution in [3.63, 3.8) is 0 Å². The number of nitrogens with one attached hydrogen (secondary N) is 2. The van der Waals surface area contributed by atoms with Crippen LogP contribution in [0.2, 0.25) is 0 Å². The van der Waals surface area contributed by atoms with Crippen LogP contribution in [0.15, 0.2) is 84.9 Å². The lowest BCUT2D eigenvalue weighted by Crippen LogP contribution is -2.12. The van der Waals surface area contributed by atoms with E-state index >= 15 is 0 Å². The molecule has 0 aliphatic carbocycles.